The largest absolute Gasteiger partial charge is 0.429 e. The molecule has 1 fully saturated rings. The van der Waals surface area contributed by atoms with E-state index < -0.39 is 40.7 Å². The molecule has 1 aliphatic rings. The summed E-state index contributed by atoms with van der Waals surface area (Å²) in [6.45, 7) is 2.08. The average Bonchev–Trinajstić information content (AvgIpc) is 3.26. The van der Waals surface area contributed by atoms with Gasteiger partial charge in [0.15, 0.2) is 17.5 Å². The maximum Gasteiger partial charge on any atom is 0.426 e. The Hall–Kier alpha value is -3.00. The van der Waals surface area contributed by atoms with Crippen molar-refractivity contribution in [2.45, 2.75) is 50.9 Å². The van der Waals surface area contributed by atoms with E-state index in [0.717, 1.165) is 43.4 Å². The molecule has 0 bridgehead atoms. The van der Waals surface area contributed by atoms with E-state index in [1.54, 1.807) is 12.1 Å². The SMILES string of the molecule is CCCC1CCC(c2ccc(C(F)(F)Oc3ccc(-c4cc(F)c(F)c(F)c4)c(F)c3)cc2)O1. The van der Waals surface area contributed by atoms with Crippen LogP contribution in [0.2, 0.25) is 0 Å². The highest BCUT2D eigenvalue weighted by atomic mass is 19.3. The highest BCUT2D eigenvalue weighted by Crippen LogP contribution is 2.37. The third-order valence-electron chi connectivity index (χ3n) is 5.82. The second-order valence-electron chi connectivity index (χ2n) is 8.25. The van der Waals surface area contributed by atoms with Gasteiger partial charge in [0, 0.05) is 11.6 Å². The molecular formula is C26H22F6O2. The molecule has 0 aromatic heterocycles. The first kappa shape index (κ1) is 24.1. The maximum absolute atomic E-state index is 14.7. The minimum Gasteiger partial charge on any atom is -0.429 e. The maximum atomic E-state index is 14.7. The molecule has 1 heterocycles. The van der Waals surface area contributed by atoms with Crippen molar-refractivity contribution in [2.75, 3.05) is 0 Å². The molecule has 2 nitrogen and oxygen atoms in total. The Kier molecular flexibility index (Phi) is 6.89. The molecule has 2 atom stereocenters. The lowest BCUT2D eigenvalue weighted by atomic mass is 10.0. The van der Waals surface area contributed by atoms with Crippen LogP contribution < -0.4 is 4.74 Å². The summed E-state index contributed by atoms with van der Waals surface area (Å²) < 4.78 is 94.7. The van der Waals surface area contributed by atoms with E-state index in [1.165, 1.54) is 12.1 Å². The highest BCUT2D eigenvalue weighted by Gasteiger charge is 2.35. The highest BCUT2D eigenvalue weighted by molar-refractivity contribution is 5.65. The number of halogens is 6. The topological polar surface area (TPSA) is 18.5 Å². The summed E-state index contributed by atoms with van der Waals surface area (Å²) in [5.74, 6) is -6.22. The van der Waals surface area contributed by atoms with Gasteiger partial charge in [0.25, 0.3) is 0 Å². The predicted molar refractivity (Wildman–Crippen MR) is 114 cm³/mol. The van der Waals surface area contributed by atoms with E-state index in [9.17, 15) is 26.3 Å². The van der Waals surface area contributed by atoms with Crippen molar-refractivity contribution >= 4 is 0 Å². The first-order chi connectivity index (χ1) is 16.2. The normalized spacial score (nSPS) is 18.3. The van der Waals surface area contributed by atoms with Crippen LogP contribution in [0.5, 0.6) is 5.75 Å². The van der Waals surface area contributed by atoms with Gasteiger partial charge in [0.2, 0.25) is 0 Å². The summed E-state index contributed by atoms with van der Waals surface area (Å²) in [6, 6.07) is 9.58. The van der Waals surface area contributed by atoms with Gasteiger partial charge in [0.1, 0.15) is 11.6 Å². The molecule has 0 saturated carbocycles. The van der Waals surface area contributed by atoms with E-state index in [2.05, 4.69) is 6.92 Å². The molecule has 1 saturated heterocycles. The Morgan fingerprint density at radius 3 is 2.18 bits per heavy atom. The zero-order chi connectivity index (χ0) is 24.5. The number of hydrogen-bond acceptors (Lipinski definition) is 2. The molecule has 34 heavy (non-hydrogen) atoms. The van der Waals surface area contributed by atoms with E-state index in [4.69, 9.17) is 9.47 Å². The van der Waals surface area contributed by atoms with Crippen LogP contribution in [-0.4, -0.2) is 6.10 Å². The number of ether oxygens (including phenoxy) is 2. The van der Waals surface area contributed by atoms with Crippen molar-refractivity contribution in [3.63, 3.8) is 0 Å². The third kappa shape index (κ3) is 5.06. The Labute approximate surface area is 193 Å². The fraction of sp³-hybridized carbons (Fsp3) is 0.308. The molecule has 180 valence electrons. The fourth-order valence-corrected chi connectivity index (χ4v) is 4.09. The summed E-state index contributed by atoms with van der Waals surface area (Å²) in [5, 5.41) is 0. The predicted octanol–water partition coefficient (Wildman–Crippen LogP) is 8.06. The summed E-state index contributed by atoms with van der Waals surface area (Å²) in [4.78, 5) is 0. The lowest BCUT2D eigenvalue weighted by Crippen LogP contribution is -2.22. The molecule has 0 N–H and O–H groups in total. The van der Waals surface area contributed by atoms with Crippen molar-refractivity contribution in [1.29, 1.82) is 0 Å². The van der Waals surface area contributed by atoms with Gasteiger partial charge in [-0.1, -0.05) is 25.5 Å². The van der Waals surface area contributed by atoms with Crippen molar-refractivity contribution in [2.24, 2.45) is 0 Å². The van der Waals surface area contributed by atoms with Crippen molar-refractivity contribution < 1.29 is 35.8 Å². The van der Waals surface area contributed by atoms with Crippen LogP contribution in [0.1, 0.15) is 49.8 Å². The number of benzene rings is 3. The van der Waals surface area contributed by atoms with Gasteiger partial charge >= 0.3 is 6.11 Å². The van der Waals surface area contributed by atoms with E-state index in [1.807, 2.05) is 0 Å². The Morgan fingerprint density at radius 2 is 1.56 bits per heavy atom. The molecule has 3 aromatic carbocycles. The van der Waals surface area contributed by atoms with E-state index >= 15 is 0 Å². The summed E-state index contributed by atoms with van der Waals surface area (Å²) in [6.07, 6.45) is 0.00742. The van der Waals surface area contributed by atoms with Gasteiger partial charge in [-0.25, -0.2) is 17.6 Å². The van der Waals surface area contributed by atoms with Gasteiger partial charge in [-0.3, -0.25) is 0 Å². The average molecular weight is 480 g/mol. The van der Waals surface area contributed by atoms with Crippen LogP contribution in [0.15, 0.2) is 54.6 Å². The quantitative estimate of drug-likeness (QED) is 0.252. The monoisotopic (exact) mass is 480 g/mol. The van der Waals surface area contributed by atoms with Gasteiger partial charge in [-0.05, 0) is 66.8 Å². The van der Waals surface area contributed by atoms with Crippen LogP contribution in [0.3, 0.4) is 0 Å². The van der Waals surface area contributed by atoms with Gasteiger partial charge in [-0.15, -0.1) is 0 Å². The first-order valence-corrected chi connectivity index (χ1v) is 10.9. The number of alkyl halides is 2. The van der Waals surface area contributed by atoms with Crippen LogP contribution in [-0.2, 0) is 10.8 Å². The van der Waals surface area contributed by atoms with E-state index in [0.29, 0.717) is 18.2 Å². The molecule has 0 spiro atoms. The first-order valence-electron chi connectivity index (χ1n) is 10.9. The molecule has 2 unspecified atom stereocenters. The smallest absolute Gasteiger partial charge is 0.426 e. The van der Waals surface area contributed by atoms with E-state index in [-0.39, 0.29) is 23.3 Å². The summed E-state index contributed by atoms with van der Waals surface area (Å²) >= 11 is 0. The zero-order valence-corrected chi connectivity index (χ0v) is 18.3. The number of rotatable bonds is 7. The van der Waals surface area contributed by atoms with Crippen LogP contribution in [0.25, 0.3) is 11.1 Å². The standard InChI is InChI=1S/C26H22F6O2/c1-2-3-18-9-11-24(33-18)15-4-6-17(7-5-15)26(31,32)34-19-8-10-20(21(27)14-19)16-12-22(28)25(30)23(29)13-16/h4-8,10,12-14,18,24H,2-3,9,11H2,1H3. The fourth-order valence-electron chi connectivity index (χ4n) is 4.09. The lowest BCUT2D eigenvalue weighted by Gasteiger charge is -2.20. The number of hydrogen-bond donors (Lipinski definition) is 0. The summed E-state index contributed by atoms with van der Waals surface area (Å²) in [7, 11) is 0. The van der Waals surface area contributed by atoms with Gasteiger partial charge < -0.3 is 9.47 Å². The third-order valence-corrected chi connectivity index (χ3v) is 5.82. The Balaban J connectivity index is 1.48. The summed E-state index contributed by atoms with van der Waals surface area (Å²) in [5.41, 5.74) is -0.201. The molecule has 4 rings (SSSR count). The van der Waals surface area contributed by atoms with Crippen molar-refractivity contribution in [1.82, 2.24) is 0 Å². The van der Waals surface area contributed by atoms with Gasteiger partial charge in [0.05, 0.1) is 17.8 Å². The van der Waals surface area contributed by atoms with Crippen LogP contribution in [0, 0.1) is 23.3 Å². The molecule has 0 amide bonds. The van der Waals surface area contributed by atoms with Crippen LogP contribution >= 0.6 is 0 Å². The molecule has 3 aromatic rings. The van der Waals surface area contributed by atoms with Crippen LogP contribution in [0.4, 0.5) is 26.3 Å². The van der Waals surface area contributed by atoms with Gasteiger partial charge in [-0.2, -0.15) is 8.78 Å². The second-order valence-corrected chi connectivity index (χ2v) is 8.25. The second kappa shape index (κ2) is 9.70. The molecule has 1 aliphatic heterocycles. The Morgan fingerprint density at radius 1 is 0.882 bits per heavy atom. The molecular weight excluding hydrogens is 458 g/mol. The molecule has 8 heteroatoms. The van der Waals surface area contributed by atoms with Crippen molar-refractivity contribution in [3.05, 3.63) is 89.0 Å². The molecule has 0 aliphatic carbocycles. The minimum absolute atomic E-state index is 0.136. The molecule has 0 radical (unpaired) electrons. The minimum atomic E-state index is -3.76. The van der Waals surface area contributed by atoms with Crippen molar-refractivity contribution in [3.8, 4) is 16.9 Å². The zero-order valence-electron chi connectivity index (χ0n) is 18.3. The Bertz CT molecular complexity index is 1140. The lowest BCUT2D eigenvalue weighted by molar-refractivity contribution is -0.185.